The van der Waals surface area contributed by atoms with Crippen molar-refractivity contribution < 1.29 is 4.79 Å². The fourth-order valence-electron chi connectivity index (χ4n) is 2.33. The zero-order valence-corrected chi connectivity index (χ0v) is 11.7. The second kappa shape index (κ2) is 4.93. The first-order chi connectivity index (χ1) is 8.91. The Morgan fingerprint density at radius 1 is 1.42 bits per heavy atom. The smallest absolute Gasteiger partial charge is 0.224 e. The number of amides is 1. The van der Waals surface area contributed by atoms with Gasteiger partial charge < -0.3 is 10.2 Å². The number of nitriles is 1. The molecule has 1 N–H and O–H groups in total. The molecule has 0 bridgehead atoms. The molecule has 0 saturated heterocycles. The second-order valence-corrected chi connectivity index (χ2v) is 5.74. The highest BCUT2D eigenvalue weighted by molar-refractivity contribution is 5.94. The molecule has 1 aliphatic rings. The molecule has 4 heteroatoms. The minimum Gasteiger partial charge on any atom is -0.373 e. The summed E-state index contributed by atoms with van der Waals surface area (Å²) in [5.41, 5.74) is 2.78. The molecule has 0 unspecified atom stereocenters. The molecule has 0 aromatic heterocycles. The predicted octanol–water partition coefficient (Wildman–Crippen LogP) is 2.56. The van der Waals surface area contributed by atoms with Gasteiger partial charge in [-0.25, -0.2) is 0 Å². The third-order valence-corrected chi connectivity index (χ3v) is 3.36. The maximum Gasteiger partial charge on any atom is 0.224 e. The minimum absolute atomic E-state index is 0.0826. The van der Waals surface area contributed by atoms with E-state index in [1.54, 1.807) is 0 Å². The molecule has 0 radical (unpaired) electrons. The second-order valence-electron chi connectivity index (χ2n) is 5.74. The van der Waals surface area contributed by atoms with E-state index in [1.807, 2.05) is 33.0 Å². The fraction of sp³-hybridized carbons (Fsp3) is 0.467. The van der Waals surface area contributed by atoms with E-state index in [1.165, 1.54) is 5.56 Å². The van der Waals surface area contributed by atoms with Crippen LogP contribution in [-0.4, -0.2) is 19.5 Å². The molecule has 1 aliphatic heterocycles. The average molecular weight is 257 g/mol. The highest BCUT2D eigenvalue weighted by atomic mass is 16.1. The normalized spacial score (nSPS) is 14.3. The first kappa shape index (κ1) is 13.4. The number of anilines is 2. The number of fused-ring (bicyclic) bond motifs is 1. The van der Waals surface area contributed by atoms with Crippen molar-refractivity contribution in [1.82, 2.24) is 0 Å². The SMILES string of the molecule is CN(CC(C)(C)C#N)c1ccc2c(c1)CCC(=O)N2. The maximum absolute atomic E-state index is 11.3. The van der Waals surface area contributed by atoms with Crippen molar-refractivity contribution in [2.45, 2.75) is 26.7 Å². The van der Waals surface area contributed by atoms with Crippen LogP contribution in [0.1, 0.15) is 25.8 Å². The number of hydrogen-bond donors (Lipinski definition) is 1. The Bertz CT molecular complexity index is 543. The van der Waals surface area contributed by atoms with Crippen LogP contribution in [0.25, 0.3) is 0 Å². The number of benzene rings is 1. The summed E-state index contributed by atoms with van der Waals surface area (Å²) in [5, 5.41) is 12.0. The van der Waals surface area contributed by atoms with Crippen molar-refractivity contribution in [1.29, 1.82) is 5.26 Å². The number of nitrogens with one attached hydrogen (secondary N) is 1. The number of carbonyl (C=O) groups excluding carboxylic acids is 1. The zero-order valence-electron chi connectivity index (χ0n) is 11.7. The Kier molecular flexibility index (Phi) is 3.48. The molecule has 4 nitrogen and oxygen atoms in total. The van der Waals surface area contributed by atoms with E-state index >= 15 is 0 Å². The van der Waals surface area contributed by atoms with Crippen LogP contribution >= 0.6 is 0 Å². The molecular weight excluding hydrogens is 238 g/mol. The quantitative estimate of drug-likeness (QED) is 0.905. The highest BCUT2D eigenvalue weighted by Gasteiger charge is 2.21. The summed E-state index contributed by atoms with van der Waals surface area (Å²) >= 11 is 0. The number of aryl methyl sites for hydroxylation is 1. The van der Waals surface area contributed by atoms with Gasteiger partial charge in [0.05, 0.1) is 11.5 Å². The Morgan fingerprint density at radius 3 is 2.84 bits per heavy atom. The fourth-order valence-corrected chi connectivity index (χ4v) is 2.33. The largest absolute Gasteiger partial charge is 0.373 e. The summed E-state index contributed by atoms with van der Waals surface area (Å²) in [6.45, 7) is 4.54. The summed E-state index contributed by atoms with van der Waals surface area (Å²) < 4.78 is 0. The van der Waals surface area contributed by atoms with Gasteiger partial charge in [-0.05, 0) is 44.0 Å². The minimum atomic E-state index is -0.376. The topological polar surface area (TPSA) is 56.1 Å². The number of nitrogens with zero attached hydrogens (tertiary/aromatic N) is 2. The molecule has 2 rings (SSSR count). The van der Waals surface area contributed by atoms with Gasteiger partial charge in [-0.2, -0.15) is 5.26 Å². The van der Waals surface area contributed by atoms with Crippen LogP contribution in [0.3, 0.4) is 0 Å². The van der Waals surface area contributed by atoms with Crippen LogP contribution in [0.2, 0.25) is 0 Å². The van der Waals surface area contributed by atoms with Crippen LogP contribution in [0.5, 0.6) is 0 Å². The average Bonchev–Trinajstić information content (AvgIpc) is 2.37. The molecule has 1 amide bonds. The predicted molar refractivity (Wildman–Crippen MR) is 76.1 cm³/mol. The highest BCUT2D eigenvalue weighted by Crippen LogP contribution is 2.28. The number of rotatable bonds is 3. The van der Waals surface area contributed by atoms with Crippen LogP contribution in [0.4, 0.5) is 11.4 Å². The van der Waals surface area contributed by atoms with E-state index < -0.39 is 0 Å². The lowest BCUT2D eigenvalue weighted by atomic mass is 9.94. The van der Waals surface area contributed by atoms with Crippen LogP contribution in [-0.2, 0) is 11.2 Å². The maximum atomic E-state index is 11.3. The lowest BCUT2D eigenvalue weighted by Crippen LogP contribution is -2.30. The van der Waals surface area contributed by atoms with Crippen molar-refractivity contribution in [3.05, 3.63) is 23.8 Å². The van der Waals surface area contributed by atoms with Crippen molar-refractivity contribution in [2.75, 3.05) is 23.8 Å². The molecule has 19 heavy (non-hydrogen) atoms. The summed E-state index contributed by atoms with van der Waals surface area (Å²) in [5.74, 6) is 0.0826. The third kappa shape index (κ3) is 3.05. The molecule has 100 valence electrons. The van der Waals surface area contributed by atoms with Crippen molar-refractivity contribution in [3.63, 3.8) is 0 Å². The van der Waals surface area contributed by atoms with Crippen LogP contribution in [0, 0.1) is 16.7 Å². The molecule has 0 aliphatic carbocycles. The van der Waals surface area contributed by atoms with Gasteiger partial charge in [-0.15, -0.1) is 0 Å². The summed E-state index contributed by atoms with van der Waals surface area (Å²) in [7, 11) is 1.99. The number of hydrogen-bond acceptors (Lipinski definition) is 3. The first-order valence-corrected chi connectivity index (χ1v) is 6.46. The Morgan fingerprint density at radius 2 is 2.16 bits per heavy atom. The Labute approximate surface area is 114 Å². The lowest BCUT2D eigenvalue weighted by molar-refractivity contribution is -0.116. The standard InChI is InChI=1S/C15H19N3O/c1-15(2,9-16)10-18(3)12-5-6-13-11(8-12)4-7-14(19)17-13/h5-6,8H,4,7,10H2,1-3H3,(H,17,19). The molecule has 1 aromatic rings. The van der Waals surface area contributed by atoms with Gasteiger partial charge in [0.15, 0.2) is 0 Å². The number of carbonyl (C=O) groups is 1. The van der Waals surface area contributed by atoms with Crippen molar-refractivity contribution in [3.8, 4) is 6.07 Å². The molecule has 0 saturated carbocycles. The van der Waals surface area contributed by atoms with Gasteiger partial charge in [0.1, 0.15) is 0 Å². The molecule has 1 aromatic carbocycles. The monoisotopic (exact) mass is 257 g/mol. The Balaban J connectivity index is 2.19. The first-order valence-electron chi connectivity index (χ1n) is 6.46. The Hall–Kier alpha value is -2.02. The van der Waals surface area contributed by atoms with Gasteiger partial charge in [-0.1, -0.05) is 0 Å². The molecule has 0 atom stereocenters. The molecule has 1 heterocycles. The van der Waals surface area contributed by atoms with Gasteiger partial charge in [0.25, 0.3) is 0 Å². The van der Waals surface area contributed by atoms with Crippen LogP contribution in [0.15, 0.2) is 18.2 Å². The third-order valence-electron chi connectivity index (χ3n) is 3.36. The van der Waals surface area contributed by atoms with E-state index in [0.29, 0.717) is 13.0 Å². The van der Waals surface area contributed by atoms with Gasteiger partial charge >= 0.3 is 0 Å². The van der Waals surface area contributed by atoms with Gasteiger partial charge in [-0.3, -0.25) is 4.79 Å². The zero-order chi connectivity index (χ0) is 14.0. The van der Waals surface area contributed by atoms with E-state index in [4.69, 9.17) is 5.26 Å². The summed E-state index contributed by atoms with van der Waals surface area (Å²) in [6.07, 6.45) is 1.33. The van der Waals surface area contributed by atoms with Gasteiger partial charge in [0.2, 0.25) is 5.91 Å². The molecular formula is C15H19N3O. The van der Waals surface area contributed by atoms with Crippen molar-refractivity contribution in [2.24, 2.45) is 5.41 Å². The van der Waals surface area contributed by atoms with Gasteiger partial charge in [0, 0.05) is 31.4 Å². The lowest BCUT2D eigenvalue weighted by Gasteiger charge is -2.27. The summed E-state index contributed by atoms with van der Waals surface area (Å²) in [6, 6.07) is 8.34. The molecule has 0 spiro atoms. The van der Waals surface area contributed by atoms with E-state index in [2.05, 4.69) is 22.4 Å². The van der Waals surface area contributed by atoms with E-state index in [9.17, 15) is 4.79 Å². The van der Waals surface area contributed by atoms with Crippen molar-refractivity contribution >= 4 is 17.3 Å². The van der Waals surface area contributed by atoms with E-state index in [-0.39, 0.29) is 11.3 Å². The van der Waals surface area contributed by atoms with Crippen LogP contribution < -0.4 is 10.2 Å². The van der Waals surface area contributed by atoms with E-state index in [0.717, 1.165) is 17.8 Å². The molecule has 0 fully saturated rings. The summed E-state index contributed by atoms with van der Waals surface area (Å²) in [4.78, 5) is 13.4.